The fourth-order valence-corrected chi connectivity index (χ4v) is 3.95. The van der Waals surface area contributed by atoms with E-state index >= 15 is 0 Å². The van der Waals surface area contributed by atoms with Crippen LogP contribution in [0.5, 0.6) is 5.75 Å². The number of nitrogens with zero attached hydrogens (tertiary/aromatic N) is 2. The largest absolute Gasteiger partial charge is 0.496 e. The van der Waals surface area contributed by atoms with Crippen LogP contribution in [0.25, 0.3) is 0 Å². The predicted octanol–water partition coefficient (Wildman–Crippen LogP) is 4.51. The Balaban J connectivity index is 1.38. The van der Waals surface area contributed by atoms with Crippen molar-refractivity contribution >= 4 is 23.4 Å². The van der Waals surface area contributed by atoms with Gasteiger partial charge in [0.1, 0.15) is 18.2 Å². The zero-order chi connectivity index (χ0) is 24.6. The summed E-state index contributed by atoms with van der Waals surface area (Å²) in [6.07, 6.45) is 4.75. The molecule has 0 atom stereocenters. The van der Waals surface area contributed by atoms with Crippen LogP contribution in [0.3, 0.4) is 0 Å². The molecule has 2 amide bonds. The number of ether oxygens (including phenoxy) is 2. The fourth-order valence-electron chi connectivity index (χ4n) is 3.95. The van der Waals surface area contributed by atoms with Crippen molar-refractivity contribution in [2.75, 3.05) is 30.4 Å². The Labute approximate surface area is 203 Å². The average Bonchev–Trinajstić information content (AvgIpc) is 3.42. The van der Waals surface area contributed by atoms with E-state index in [1.54, 1.807) is 42.7 Å². The zero-order valence-corrected chi connectivity index (χ0v) is 19.4. The molecule has 1 aliphatic rings. The van der Waals surface area contributed by atoms with Gasteiger partial charge in [-0.15, -0.1) is 0 Å². The minimum Gasteiger partial charge on any atom is -0.496 e. The molecule has 0 radical (unpaired) electrons. The number of hydrogen-bond donors (Lipinski definition) is 2. The van der Waals surface area contributed by atoms with Crippen LogP contribution in [-0.4, -0.2) is 37.2 Å². The van der Waals surface area contributed by atoms with Crippen molar-refractivity contribution in [3.8, 4) is 5.75 Å². The van der Waals surface area contributed by atoms with Gasteiger partial charge in [0.15, 0.2) is 0 Å². The number of anilines is 2. The van der Waals surface area contributed by atoms with E-state index in [0.717, 1.165) is 37.2 Å². The average molecular weight is 479 g/mol. The van der Waals surface area contributed by atoms with E-state index in [1.165, 1.54) is 19.2 Å². The Bertz CT molecular complexity index is 1180. The van der Waals surface area contributed by atoms with Crippen molar-refractivity contribution in [2.24, 2.45) is 0 Å². The van der Waals surface area contributed by atoms with Crippen molar-refractivity contribution in [3.05, 3.63) is 83.4 Å². The number of amides is 2. The summed E-state index contributed by atoms with van der Waals surface area (Å²) in [5.41, 5.74) is 3.00. The van der Waals surface area contributed by atoms with Gasteiger partial charge in [0, 0.05) is 60.6 Å². The van der Waals surface area contributed by atoms with E-state index in [2.05, 4.69) is 20.5 Å². The number of methoxy groups -OCH3 is 1. The fraction of sp³-hybridized carbons (Fsp3) is 0.269. The molecule has 1 fully saturated rings. The number of nitrogens with one attached hydrogen (secondary N) is 2. The van der Waals surface area contributed by atoms with Gasteiger partial charge in [-0.3, -0.25) is 15.1 Å². The lowest BCUT2D eigenvalue weighted by atomic mass is 10.1. The van der Waals surface area contributed by atoms with Gasteiger partial charge in [0.05, 0.1) is 12.7 Å². The zero-order valence-electron chi connectivity index (χ0n) is 19.4. The van der Waals surface area contributed by atoms with Gasteiger partial charge in [0.25, 0.3) is 5.91 Å². The number of hydrogen-bond acceptors (Lipinski definition) is 6. The molecule has 0 spiro atoms. The Morgan fingerprint density at radius 3 is 2.69 bits per heavy atom. The predicted molar refractivity (Wildman–Crippen MR) is 130 cm³/mol. The van der Waals surface area contributed by atoms with Crippen LogP contribution in [0.15, 0.2) is 60.9 Å². The molecule has 0 unspecified atom stereocenters. The molecule has 0 bridgehead atoms. The summed E-state index contributed by atoms with van der Waals surface area (Å²) in [7, 11) is 1.50. The van der Waals surface area contributed by atoms with Crippen LogP contribution in [0.1, 0.15) is 34.3 Å². The lowest BCUT2D eigenvalue weighted by molar-refractivity contribution is 0.0950. The highest BCUT2D eigenvalue weighted by Crippen LogP contribution is 2.27. The Hall–Kier alpha value is -4.14. The summed E-state index contributed by atoms with van der Waals surface area (Å²) in [5.74, 6) is -0.342. The molecule has 3 aromatic rings. The van der Waals surface area contributed by atoms with E-state index in [9.17, 15) is 14.0 Å². The van der Waals surface area contributed by atoms with Crippen molar-refractivity contribution in [1.82, 2.24) is 10.3 Å². The minimum absolute atomic E-state index is 0.0976. The molecule has 4 rings (SSSR count). The summed E-state index contributed by atoms with van der Waals surface area (Å²) in [6, 6.07) is 12.9. The first-order chi connectivity index (χ1) is 17.0. The molecule has 35 heavy (non-hydrogen) atoms. The van der Waals surface area contributed by atoms with E-state index in [4.69, 9.17) is 9.47 Å². The smallest absolute Gasteiger partial charge is 0.411 e. The SMILES string of the molecule is COc1cc(NC(=O)OCc2cccnc2)ccc1CNC(=O)c1cc(F)ccc1N1CCCC1. The second-order valence-corrected chi connectivity index (χ2v) is 8.13. The quantitative estimate of drug-likeness (QED) is 0.495. The van der Waals surface area contributed by atoms with E-state index in [0.29, 0.717) is 22.6 Å². The van der Waals surface area contributed by atoms with Gasteiger partial charge in [-0.25, -0.2) is 9.18 Å². The summed E-state index contributed by atoms with van der Waals surface area (Å²) in [5, 5.41) is 5.50. The highest BCUT2D eigenvalue weighted by molar-refractivity contribution is 6.00. The second-order valence-electron chi connectivity index (χ2n) is 8.13. The Morgan fingerprint density at radius 2 is 1.94 bits per heavy atom. The van der Waals surface area contributed by atoms with E-state index in [-0.39, 0.29) is 19.1 Å². The minimum atomic E-state index is -0.613. The number of aromatic nitrogens is 1. The molecule has 9 heteroatoms. The molecule has 2 heterocycles. The van der Waals surface area contributed by atoms with E-state index in [1.807, 2.05) is 6.07 Å². The van der Waals surface area contributed by atoms with Crippen molar-refractivity contribution in [2.45, 2.75) is 26.0 Å². The number of carbonyl (C=O) groups excluding carboxylic acids is 2. The van der Waals surface area contributed by atoms with E-state index < -0.39 is 11.9 Å². The van der Waals surface area contributed by atoms with Gasteiger partial charge in [-0.1, -0.05) is 12.1 Å². The third-order valence-electron chi connectivity index (χ3n) is 5.72. The maximum Gasteiger partial charge on any atom is 0.411 e. The van der Waals surface area contributed by atoms with Gasteiger partial charge in [-0.2, -0.15) is 0 Å². The first-order valence-corrected chi connectivity index (χ1v) is 11.4. The molecule has 8 nitrogen and oxygen atoms in total. The van der Waals surface area contributed by atoms with Gasteiger partial charge in [-0.05, 0) is 43.2 Å². The van der Waals surface area contributed by atoms with Crippen LogP contribution >= 0.6 is 0 Å². The molecule has 182 valence electrons. The van der Waals surface area contributed by atoms with Crippen LogP contribution in [0.4, 0.5) is 20.6 Å². The van der Waals surface area contributed by atoms with Crippen LogP contribution in [0, 0.1) is 5.82 Å². The van der Waals surface area contributed by atoms with Gasteiger partial charge >= 0.3 is 6.09 Å². The summed E-state index contributed by atoms with van der Waals surface area (Å²) >= 11 is 0. The van der Waals surface area contributed by atoms with Gasteiger partial charge < -0.3 is 19.7 Å². The summed E-state index contributed by atoms with van der Waals surface area (Å²) in [6.45, 7) is 1.96. The molecule has 2 N–H and O–H groups in total. The molecule has 1 aromatic heterocycles. The number of rotatable bonds is 8. The van der Waals surface area contributed by atoms with Gasteiger partial charge in [0.2, 0.25) is 0 Å². The molecular weight excluding hydrogens is 451 g/mol. The number of halogens is 1. The molecule has 2 aromatic carbocycles. The molecule has 0 aliphatic carbocycles. The van der Waals surface area contributed by atoms with Crippen LogP contribution in [0.2, 0.25) is 0 Å². The normalized spacial score (nSPS) is 12.8. The summed E-state index contributed by atoms with van der Waals surface area (Å²) in [4.78, 5) is 31.1. The number of carbonyl (C=O) groups is 2. The molecule has 1 saturated heterocycles. The van der Waals surface area contributed by atoms with Crippen molar-refractivity contribution in [3.63, 3.8) is 0 Å². The third kappa shape index (κ3) is 6.26. The Morgan fingerprint density at radius 1 is 1.11 bits per heavy atom. The number of pyridine rings is 1. The van der Waals surface area contributed by atoms with Crippen LogP contribution < -0.4 is 20.3 Å². The van der Waals surface area contributed by atoms with Crippen molar-refractivity contribution < 1.29 is 23.5 Å². The lowest BCUT2D eigenvalue weighted by Crippen LogP contribution is -2.27. The molecule has 0 saturated carbocycles. The van der Waals surface area contributed by atoms with Crippen molar-refractivity contribution in [1.29, 1.82) is 0 Å². The highest BCUT2D eigenvalue weighted by atomic mass is 19.1. The topological polar surface area (TPSA) is 92.8 Å². The van der Waals surface area contributed by atoms with Crippen LogP contribution in [-0.2, 0) is 17.9 Å². The highest BCUT2D eigenvalue weighted by Gasteiger charge is 2.20. The monoisotopic (exact) mass is 478 g/mol. The summed E-state index contributed by atoms with van der Waals surface area (Å²) < 4.78 is 24.6. The lowest BCUT2D eigenvalue weighted by Gasteiger charge is -2.21. The molecular formula is C26H27FN4O4. The third-order valence-corrected chi connectivity index (χ3v) is 5.72. The first-order valence-electron chi connectivity index (χ1n) is 11.4. The Kier molecular flexibility index (Phi) is 7.77. The number of benzene rings is 2. The maximum absolute atomic E-state index is 13.9. The maximum atomic E-state index is 13.9. The first kappa shape index (κ1) is 24.0. The molecule has 1 aliphatic heterocycles. The second kappa shape index (κ2) is 11.3. The standard InChI is InChI=1S/C26H27FN4O4/c1-34-24-14-21(30-26(33)35-17-18-5-4-10-28-15-18)8-6-19(24)16-29-25(32)22-13-20(27)7-9-23(22)31-11-2-3-12-31/h4-10,13-15H,2-3,11-12,16-17H2,1H3,(H,29,32)(H,30,33).